The Morgan fingerprint density at radius 1 is 1.45 bits per heavy atom. The number of halogens is 2. The maximum atomic E-state index is 13.1. The molecule has 1 N–H and O–H groups in total. The van der Waals surface area contributed by atoms with Crippen molar-refractivity contribution in [3.05, 3.63) is 45.8 Å². The average Bonchev–Trinajstić information content (AvgIpc) is 2.69. The summed E-state index contributed by atoms with van der Waals surface area (Å²) in [7, 11) is -3.73. The molecule has 0 radical (unpaired) electrons. The summed E-state index contributed by atoms with van der Waals surface area (Å²) in [6.07, 6.45) is 0. The van der Waals surface area contributed by atoms with Gasteiger partial charge in [-0.2, -0.15) is 0 Å². The number of aryl methyl sites for hydroxylation is 1. The molecule has 1 unspecified atom stereocenters. The highest BCUT2D eigenvalue weighted by molar-refractivity contribution is 7.91. The molecule has 0 amide bonds. The van der Waals surface area contributed by atoms with E-state index in [2.05, 4.69) is 9.71 Å². The van der Waals surface area contributed by atoms with Crippen molar-refractivity contribution in [2.75, 3.05) is 0 Å². The van der Waals surface area contributed by atoms with Crippen LogP contribution < -0.4 is 4.72 Å². The van der Waals surface area contributed by atoms with Gasteiger partial charge in [-0.15, -0.1) is 0 Å². The summed E-state index contributed by atoms with van der Waals surface area (Å²) >= 11 is 6.60. The lowest BCUT2D eigenvalue weighted by molar-refractivity contribution is 0.566. The molecule has 4 nitrogen and oxygen atoms in total. The van der Waals surface area contributed by atoms with Crippen molar-refractivity contribution in [2.24, 2.45) is 0 Å². The van der Waals surface area contributed by atoms with E-state index in [1.54, 1.807) is 19.9 Å². The van der Waals surface area contributed by atoms with E-state index in [1.807, 2.05) is 0 Å². The van der Waals surface area contributed by atoms with Crippen molar-refractivity contribution in [3.63, 3.8) is 0 Å². The Morgan fingerprint density at radius 2 is 2.15 bits per heavy atom. The number of nitrogens with zero attached hydrogens (tertiary/aromatic N) is 1. The lowest BCUT2D eigenvalue weighted by Gasteiger charge is -2.14. The van der Waals surface area contributed by atoms with Gasteiger partial charge in [-0.3, -0.25) is 0 Å². The standard InChI is InChI=1S/C12H12ClFN2O2S2/c1-7(9-4-3-5-10(14)6-9)16-20(17,18)11-8(2)15-12(13)19-11/h3-7,16H,1-2H3. The van der Waals surface area contributed by atoms with Crippen molar-refractivity contribution in [2.45, 2.75) is 24.1 Å². The topological polar surface area (TPSA) is 59.1 Å². The van der Waals surface area contributed by atoms with E-state index < -0.39 is 21.9 Å². The van der Waals surface area contributed by atoms with Crippen LogP contribution in [0.5, 0.6) is 0 Å². The van der Waals surface area contributed by atoms with Gasteiger partial charge in [0.2, 0.25) is 0 Å². The molecule has 0 aliphatic carbocycles. The summed E-state index contributed by atoms with van der Waals surface area (Å²) < 4.78 is 40.4. The summed E-state index contributed by atoms with van der Waals surface area (Å²) in [5.74, 6) is -0.412. The molecule has 1 atom stereocenters. The summed E-state index contributed by atoms with van der Waals surface area (Å²) in [5, 5.41) is 0. The summed E-state index contributed by atoms with van der Waals surface area (Å²) in [6.45, 7) is 3.22. The van der Waals surface area contributed by atoms with Crippen LogP contribution in [0.25, 0.3) is 0 Å². The van der Waals surface area contributed by atoms with Gasteiger partial charge in [-0.1, -0.05) is 35.1 Å². The van der Waals surface area contributed by atoms with Crippen LogP contribution in [0.15, 0.2) is 28.5 Å². The van der Waals surface area contributed by atoms with Crippen LogP contribution in [0.4, 0.5) is 4.39 Å². The molecule has 2 aromatic rings. The normalized spacial score (nSPS) is 13.4. The van der Waals surface area contributed by atoms with Crippen LogP contribution in [0.2, 0.25) is 4.47 Å². The number of aromatic nitrogens is 1. The molecule has 0 aliphatic heterocycles. The highest BCUT2D eigenvalue weighted by Gasteiger charge is 2.24. The van der Waals surface area contributed by atoms with Gasteiger partial charge < -0.3 is 0 Å². The fraction of sp³-hybridized carbons (Fsp3) is 0.250. The Balaban J connectivity index is 2.27. The highest BCUT2D eigenvalue weighted by Crippen LogP contribution is 2.28. The Hall–Kier alpha value is -1.02. The zero-order chi connectivity index (χ0) is 14.9. The smallest absolute Gasteiger partial charge is 0.229 e. The fourth-order valence-electron chi connectivity index (χ4n) is 1.73. The van der Waals surface area contributed by atoms with Crippen LogP contribution >= 0.6 is 22.9 Å². The molecule has 20 heavy (non-hydrogen) atoms. The second kappa shape index (κ2) is 5.77. The maximum absolute atomic E-state index is 13.1. The van der Waals surface area contributed by atoms with E-state index in [-0.39, 0.29) is 8.68 Å². The molecule has 0 fully saturated rings. The summed E-state index contributed by atoms with van der Waals surface area (Å²) in [6, 6.07) is 5.22. The average molecular weight is 335 g/mol. The van der Waals surface area contributed by atoms with Gasteiger partial charge in [0.15, 0.2) is 8.68 Å². The first-order chi connectivity index (χ1) is 9.29. The summed E-state index contributed by atoms with van der Waals surface area (Å²) in [5.41, 5.74) is 0.890. The third-order valence-corrected chi connectivity index (χ3v) is 6.06. The molecule has 0 saturated heterocycles. The van der Waals surface area contributed by atoms with E-state index >= 15 is 0 Å². The molecule has 108 valence electrons. The van der Waals surface area contributed by atoms with Crippen LogP contribution in [0.3, 0.4) is 0 Å². The Morgan fingerprint density at radius 3 is 2.70 bits per heavy atom. The third-order valence-electron chi connectivity index (χ3n) is 2.65. The predicted octanol–water partition coefficient (Wildman–Crippen LogP) is 3.28. The molecule has 1 aromatic heterocycles. The minimum Gasteiger partial charge on any atom is -0.229 e. The van der Waals surface area contributed by atoms with E-state index in [1.165, 1.54) is 18.2 Å². The van der Waals surface area contributed by atoms with Gasteiger partial charge in [0, 0.05) is 6.04 Å². The molecule has 0 spiro atoms. The van der Waals surface area contributed by atoms with Gasteiger partial charge in [0.25, 0.3) is 10.0 Å². The van der Waals surface area contributed by atoms with E-state index in [9.17, 15) is 12.8 Å². The van der Waals surface area contributed by atoms with E-state index in [0.29, 0.717) is 11.3 Å². The first kappa shape index (κ1) is 15.4. The Kier molecular flexibility index (Phi) is 4.43. The molecule has 8 heteroatoms. The van der Waals surface area contributed by atoms with Gasteiger partial charge in [0.05, 0.1) is 5.69 Å². The van der Waals surface area contributed by atoms with Crippen molar-refractivity contribution in [1.29, 1.82) is 0 Å². The Labute approximate surface area is 125 Å². The quantitative estimate of drug-likeness (QED) is 0.933. The van der Waals surface area contributed by atoms with Gasteiger partial charge >= 0.3 is 0 Å². The molecule has 0 saturated carbocycles. The number of rotatable bonds is 4. The lowest BCUT2D eigenvalue weighted by atomic mass is 10.1. The minimum atomic E-state index is -3.73. The largest absolute Gasteiger partial charge is 0.252 e. The Bertz CT molecular complexity index is 731. The molecular formula is C12H12ClFN2O2S2. The van der Waals surface area contributed by atoms with Crippen LogP contribution in [-0.2, 0) is 10.0 Å². The fourth-order valence-corrected chi connectivity index (χ4v) is 4.72. The van der Waals surface area contributed by atoms with Gasteiger partial charge in [0.1, 0.15) is 5.82 Å². The number of sulfonamides is 1. The second-order valence-corrected chi connectivity index (χ2v) is 7.73. The minimum absolute atomic E-state index is 0.0748. The van der Waals surface area contributed by atoms with Gasteiger partial charge in [-0.25, -0.2) is 22.5 Å². The molecule has 1 heterocycles. The van der Waals surface area contributed by atoms with E-state index in [0.717, 1.165) is 11.3 Å². The molecule has 0 aliphatic rings. The third kappa shape index (κ3) is 3.35. The van der Waals surface area contributed by atoms with E-state index in [4.69, 9.17) is 11.6 Å². The zero-order valence-corrected chi connectivity index (χ0v) is 13.1. The number of thiazole rings is 1. The summed E-state index contributed by atoms with van der Waals surface area (Å²) in [4.78, 5) is 3.88. The first-order valence-electron chi connectivity index (χ1n) is 5.70. The van der Waals surface area contributed by atoms with Gasteiger partial charge in [-0.05, 0) is 31.5 Å². The first-order valence-corrected chi connectivity index (χ1v) is 8.38. The molecule has 2 rings (SSSR count). The number of hydrogen-bond donors (Lipinski definition) is 1. The highest BCUT2D eigenvalue weighted by atomic mass is 35.5. The van der Waals surface area contributed by atoms with Crippen molar-refractivity contribution < 1.29 is 12.8 Å². The van der Waals surface area contributed by atoms with Crippen LogP contribution in [0, 0.1) is 12.7 Å². The SMILES string of the molecule is Cc1nc(Cl)sc1S(=O)(=O)NC(C)c1cccc(F)c1. The number of hydrogen-bond acceptors (Lipinski definition) is 4. The second-order valence-electron chi connectivity index (χ2n) is 4.24. The van der Waals surface area contributed by atoms with Crippen molar-refractivity contribution in [3.8, 4) is 0 Å². The number of benzene rings is 1. The lowest BCUT2D eigenvalue weighted by Crippen LogP contribution is -2.26. The predicted molar refractivity (Wildman–Crippen MR) is 77.0 cm³/mol. The van der Waals surface area contributed by atoms with Crippen molar-refractivity contribution >= 4 is 33.0 Å². The molecule has 1 aromatic carbocycles. The maximum Gasteiger partial charge on any atom is 0.252 e. The van der Waals surface area contributed by atoms with Crippen LogP contribution in [0.1, 0.15) is 24.2 Å². The zero-order valence-electron chi connectivity index (χ0n) is 10.7. The monoisotopic (exact) mass is 334 g/mol. The number of nitrogens with one attached hydrogen (secondary N) is 1. The molecular weight excluding hydrogens is 323 g/mol. The van der Waals surface area contributed by atoms with Crippen LogP contribution in [-0.4, -0.2) is 13.4 Å². The van der Waals surface area contributed by atoms with Crippen molar-refractivity contribution in [1.82, 2.24) is 9.71 Å². The molecule has 0 bridgehead atoms.